The van der Waals surface area contributed by atoms with Crippen molar-refractivity contribution in [3.05, 3.63) is 12.7 Å². The number of nitrogens with zero attached hydrogens (tertiary/aromatic N) is 1. The quantitative estimate of drug-likeness (QED) is 0.418. The molecule has 2 heteroatoms. The van der Waals surface area contributed by atoms with Gasteiger partial charge in [0.25, 0.3) is 0 Å². The molecule has 0 bridgehead atoms. The van der Waals surface area contributed by atoms with Crippen LogP contribution in [-0.4, -0.2) is 37.6 Å². The van der Waals surface area contributed by atoms with Crippen LogP contribution in [-0.2, 0) is 0 Å². The van der Waals surface area contributed by atoms with Gasteiger partial charge in [0.15, 0.2) is 0 Å². The van der Waals surface area contributed by atoms with Crippen molar-refractivity contribution in [3.63, 3.8) is 0 Å². The first-order chi connectivity index (χ1) is 7.35. The summed E-state index contributed by atoms with van der Waals surface area (Å²) in [5.74, 6) is 0. The minimum atomic E-state index is 1.02. The van der Waals surface area contributed by atoms with Gasteiger partial charge in [-0.3, -0.25) is 4.90 Å². The Labute approximate surface area is 95.7 Å². The summed E-state index contributed by atoms with van der Waals surface area (Å²) >= 11 is 0. The minimum Gasteiger partial charge on any atom is -0.315 e. The van der Waals surface area contributed by atoms with Crippen LogP contribution in [0.2, 0.25) is 0 Å². The monoisotopic (exact) mass is 212 g/mol. The van der Waals surface area contributed by atoms with Crippen LogP contribution in [0.1, 0.15) is 39.5 Å². The molecule has 2 nitrogen and oxygen atoms in total. The number of rotatable bonds is 11. The van der Waals surface area contributed by atoms with Crippen molar-refractivity contribution in [1.29, 1.82) is 0 Å². The third-order valence-electron chi connectivity index (χ3n) is 2.53. The lowest BCUT2D eigenvalue weighted by molar-refractivity contribution is 0.296. The van der Waals surface area contributed by atoms with Gasteiger partial charge in [0.2, 0.25) is 0 Å². The Morgan fingerprint density at radius 2 is 1.80 bits per heavy atom. The van der Waals surface area contributed by atoms with E-state index in [2.05, 4.69) is 30.6 Å². The third-order valence-corrected chi connectivity index (χ3v) is 2.53. The zero-order valence-corrected chi connectivity index (χ0v) is 10.6. The molecule has 0 aromatic rings. The van der Waals surface area contributed by atoms with Gasteiger partial charge >= 0.3 is 0 Å². The van der Waals surface area contributed by atoms with Gasteiger partial charge in [-0.2, -0.15) is 0 Å². The fourth-order valence-corrected chi connectivity index (χ4v) is 1.52. The van der Waals surface area contributed by atoms with E-state index in [4.69, 9.17) is 0 Å². The molecule has 0 saturated heterocycles. The fourth-order valence-electron chi connectivity index (χ4n) is 1.52. The predicted molar refractivity (Wildman–Crippen MR) is 69.3 cm³/mol. The van der Waals surface area contributed by atoms with Crippen LogP contribution >= 0.6 is 0 Å². The van der Waals surface area contributed by atoms with Gasteiger partial charge in [-0.25, -0.2) is 0 Å². The molecule has 0 rings (SSSR count). The lowest BCUT2D eigenvalue weighted by Gasteiger charge is -2.20. The molecular weight excluding hydrogens is 184 g/mol. The molecular formula is C13H28N2. The highest BCUT2D eigenvalue weighted by atomic mass is 15.1. The lowest BCUT2D eigenvalue weighted by Crippen LogP contribution is -2.33. The molecule has 1 N–H and O–H groups in total. The molecule has 0 fully saturated rings. The van der Waals surface area contributed by atoms with Gasteiger partial charge in [0.1, 0.15) is 0 Å². The second-order valence-electron chi connectivity index (χ2n) is 4.05. The Balaban J connectivity index is 3.42. The molecule has 0 radical (unpaired) electrons. The van der Waals surface area contributed by atoms with Gasteiger partial charge in [-0.15, -0.1) is 6.58 Å². The smallest absolute Gasteiger partial charge is 0.0161 e. The average molecular weight is 212 g/mol. The number of nitrogens with one attached hydrogen (secondary N) is 1. The minimum absolute atomic E-state index is 1.02. The van der Waals surface area contributed by atoms with Crippen LogP contribution in [0.5, 0.6) is 0 Å². The zero-order chi connectivity index (χ0) is 11.4. The zero-order valence-electron chi connectivity index (χ0n) is 10.6. The van der Waals surface area contributed by atoms with Gasteiger partial charge in [-0.1, -0.05) is 32.8 Å². The summed E-state index contributed by atoms with van der Waals surface area (Å²) in [5.41, 5.74) is 0. The second kappa shape index (κ2) is 11.7. The number of unbranched alkanes of at least 4 members (excludes halogenated alkanes) is 2. The Bertz CT molecular complexity index is 134. The van der Waals surface area contributed by atoms with Crippen LogP contribution < -0.4 is 5.32 Å². The van der Waals surface area contributed by atoms with E-state index in [9.17, 15) is 0 Å². The van der Waals surface area contributed by atoms with E-state index in [1.807, 2.05) is 6.08 Å². The summed E-state index contributed by atoms with van der Waals surface area (Å²) in [6.07, 6.45) is 7.14. The van der Waals surface area contributed by atoms with Gasteiger partial charge < -0.3 is 5.32 Å². The summed E-state index contributed by atoms with van der Waals surface area (Å²) in [6.45, 7) is 13.9. The molecule has 0 aromatic heterocycles. The van der Waals surface area contributed by atoms with E-state index < -0.39 is 0 Å². The molecule has 0 aliphatic heterocycles. The van der Waals surface area contributed by atoms with Crippen molar-refractivity contribution in [2.75, 3.05) is 32.7 Å². The van der Waals surface area contributed by atoms with Gasteiger partial charge in [-0.05, 0) is 25.9 Å². The predicted octanol–water partition coefficient (Wildman–Crippen LogP) is 2.66. The van der Waals surface area contributed by atoms with E-state index in [1.54, 1.807) is 0 Å². The third kappa shape index (κ3) is 9.95. The maximum absolute atomic E-state index is 3.80. The highest BCUT2D eigenvalue weighted by Gasteiger charge is 2.00. The highest BCUT2D eigenvalue weighted by Crippen LogP contribution is 1.94. The van der Waals surface area contributed by atoms with Gasteiger partial charge in [0, 0.05) is 19.6 Å². The SMILES string of the molecule is C=CCN(CCCC)CCNCCCC. The number of hydrogen-bond donors (Lipinski definition) is 1. The van der Waals surface area contributed by atoms with Crippen LogP contribution in [0, 0.1) is 0 Å². The van der Waals surface area contributed by atoms with Crippen LogP contribution in [0.3, 0.4) is 0 Å². The molecule has 15 heavy (non-hydrogen) atoms. The normalized spacial score (nSPS) is 10.9. The summed E-state index contributed by atoms with van der Waals surface area (Å²) < 4.78 is 0. The molecule has 0 aliphatic carbocycles. The molecule has 0 heterocycles. The highest BCUT2D eigenvalue weighted by molar-refractivity contribution is 4.73. The summed E-state index contributed by atoms with van der Waals surface area (Å²) in [7, 11) is 0. The van der Waals surface area contributed by atoms with Crippen molar-refractivity contribution in [3.8, 4) is 0 Å². The van der Waals surface area contributed by atoms with E-state index in [0.29, 0.717) is 0 Å². The van der Waals surface area contributed by atoms with Gasteiger partial charge in [0.05, 0.1) is 0 Å². The summed E-state index contributed by atoms with van der Waals surface area (Å²) in [4.78, 5) is 2.47. The van der Waals surface area contributed by atoms with E-state index in [-0.39, 0.29) is 0 Å². The maximum atomic E-state index is 3.80. The first-order valence-corrected chi connectivity index (χ1v) is 6.39. The maximum Gasteiger partial charge on any atom is 0.0161 e. The molecule has 0 atom stereocenters. The lowest BCUT2D eigenvalue weighted by atomic mass is 10.3. The van der Waals surface area contributed by atoms with Crippen LogP contribution in [0.4, 0.5) is 0 Å². The fraction of sp³-hybridized carbons (Fsp3) is 0.846. The molecule has 0 aliphatic rings. The Morgan fingerprint density at radius 3 is 2.40 bits per heavy atom. The molecule has 0 unspecified atom stereocenters. The summed E-state index contributed by atoms with van der Waals surface area (Å²) in [6, 6.07) is 0. The van der Waals surface area contributed by atoms with Crippen LogP contribution in [0.15, 0.2) is 12.7 Å². The Hall–Kier alpha value is -0.340. The molecule has 0 amide bonds. The van der Waals surface area contributed by atoms with E-state index in [0.717, 1.165) is 26.2 Å². The molecule has 0 aromatic carbocycles. The largest absolute Gasteiger partial charge is 0.315 e. The standard InChI is InChI=1S/C13H28N2/c1-4-7-9-14-10-13-15(11-6-3)12-8-5-2/h6,14H,3-5,7-13H2,1-2H3. The first kappa shape index (κ1) is 14.7. The van der Waals surface area contributed by atoms with Crippen molar-refractivity contribution < 1.29 is 0 Å². The Kier molecular flexibility index (Phi) is 11.5. The van der Waals surface area contributed by atoms with E-state index >= 15 is 0 Å². The first-order valence-electron chi connectivity index (χ1n) is 6.39. The molecule has 90 valence electrons. The summed E-state index contributed by atoms with van der Waals surface area (Å²) in [5, 5.41) is 3.48. The van der Waals surface area contributed by atoms with Crippen molar-refractivity contribution in [1.82, 2.24) is 10.2 Å². The van der Waals surface area contributed by atoms with Crippen molar-refractivity contribution in [2.24, 2.45) is 0 Å². The number of hydrogen-bond acceptors (Lipinski definition) is 2. The van der Waals surface area contributed by atoms with Crippen molar-refractivity contribution in [2.45, 2.75) is 39.5 Å². The Morgan fingerprint density at radius 1 is 1.07 bits per heavy atom. The molecule has 0 saturated carbocycles. The van der Waals surface area contributed by atoms with E-state index in [1.165, 1.54) is 32.2 Å². The topological polar surface area (TPSA) is 15.3 Å². The average Bonchev–Trinajstić information content (AvgIpc) is 2.25. The van der Waals surface area contributed by atoms with Crippen molar-refractivity contribution >= 4 is 0 Å². The second-order valence-corrected chi connectivity index (χ2v) is 4.05. The molecule has 0 spiro atoms. The van der Waals surface area contributed by atoms with Crippen LogP contribution in [0.25, 0.3) is 0 Å².